The third-order valence-corrected chi connectivity index (χ3v) is 3.73. The van der Waals surface area contributed by atoms with Gasteiger partial charge in [-0.25, -0.2) is 4.79 Å². The van der Waals surface area contributed by atoms with E-state index in [-0.39, 0.29) is 36.7 Å². The molecule has 1 aromatic heterocycles. The minimum atomic E-state index is -4.75. The fraction of sp³-hybridized carbons (Fsp3) is 0.333. The Kier molecular flexibility index (Phi) is 4.64. The van der Waals surface area contributed by atoms with Crippen molar-refractivity contribution in [1.82, 2.24) is 15.0 Å². The van der Waals surface area contributed by atoms with Crippen LogP contribution >= 0.6 is 0 Å². The highest BCUT2D eigenvalue weighted by molar-refractivity contribution is 5.97. The van der Waals surface area contributed by atoms with Crippen LogP contribution in [0.1, 0.15) is 16.2 Å². The summed E-state index contributed by atoms with van der Waals surface area (Å²) in [6.45, 7) is 0.232. The Hall–Kier alpha value is -2.95. The molecule has 0 radical (unpaired) electrons. The van der Waals surface area contributed by atoms with E-state index in [0.29, 0.717) is 0 Å². The number of carboxylic acids is 1. The molecule has 2 heterocycles. The maximum atomic E-state index is 12.5. The minimum absolute atomic E-state index is 0.109. The number of rotatable bonds is 3. The highest BCUT2D eigenvalue weighted by atomic mass is 19.4. The van der Waals surface area contributed by atoms with Crippen LogP contribution in [0.3, 0.4) is 0 Å². The normalized spacial score (nSPS) is 18.0. The standard InChI is InChI=1S/C15H12F3N3O5/c16-15(17,18)14-19-11(20-26-14)8-1-3-9(4-2-8)12(22)21-5-6-25-7-10(21)13(23)24/h1-4,10H,5-7H2,(H,23,24). The number of aliphatic carboxylic acids is 1. The zero-order chi connectivity index (χ0) is 18.9. The fourth-order valence-corrected chi connectivity index (χ4v) is 2.43. The first kappa shape index (κ1) is 17.9. The van der Waals surface area contributed by atoms with Gasteiger partial charge in [0.1, 0.15) is 0 Å². The van der Waals surface area contributed by atoms with Crippen LogP contribution in [0.5, 0.6) is 0 Å². The second-order valence-corrected chi connectivity index (χ2v) is 5.43. The number of carbonyl (C=O) groups excluding carboxylic acids is 1. The first-order valence-electron chi connectivity index (χ1n) is 7.40. The molecule has 8 nitrogen and oxygen atoms in total. The largest absolute Gasteiger partial charge is 0.480 e. The molecule has 0 saturated carbocycles. The number of nitrogens with zero attached hydrogens (tertiary/aromatic N) is 3. The molecule has 1 unspecified atom stereocenters. The van der Waals surface area contributed by atoms with Crippen molar-refractivity contribution in [2.24, 2.45) is 0 Å². The van der Waals surface area contributed by atoms with Crippen molar-refractivity contribution in [2.75, 3.05) is 19.8 Å². The van der Waals surface area contributed by atoms with Crippen LogP contribution in [-0.4, -0.2) is 57.8 Å². The number of hydrogen-bond acceptors (Lipinski definition) is 6. The minimum Gasteiger partial charge on any atom is -0.480 e. The SMILES string of the molecule is O=C(O)C1COCCN1C(=O)c1ccc(-c2noc(C(F)(F)F)n2)cc1. The van der Waals surface area contributed by atoms with Crippen molar-refractivity contribution >= 4 is 11.9 Å². The summed E-state index contributed by atoms with van der Waals surface area (Å²) >= 11 is 0. The third-order valence-electron chi connectivity index (χ3n) is 3.73. The maximum absolute atomic E-state index is 12.5. The number of ether oxygens (including phenoxy) is 1. The van der Waals surface area contributed by atoms with Crippen molar-refractivity contribution in [2.45, 2.75) is 12.2 Å². The van der Waals surface area contributed by atoms with Gasteiger partial charge in [-0.05, 0) is 12.1 Å². The van der Waals surface area contributed by atoms with Crippen LogP contribution in [0.15, 0.2) is 28.8 Å². The van der Waals surface area contributed by atoms with Crippen molar-refractivity contribution < 1.29 is 37.1 Å². The number of carbonyl (C=O) groups is 2. The average molecular weight is 371 g/mol. The molecule has 11 heteroatoms. The smallest absolute Gasteiger partial charge is 0.471 e. The van der Waals surface area contributed by atoms with Gasteiger partial charge in [-0.3, -0.25) is 4.79 Å². The Bertz CT molecular complexity index is 819. The van der Waals surface area contributed by atoms with E-state index in [9.17, 15) is 27.9 Å². The quantitative estimate of drug-likeness (QED) is 0.875. The van der Waals surface area contributed by atoms with Crippen molar-refractivity contribution in [3.8, 4) is 11.4 Å². The van der Waals surface area contributed by atoms with Gasteiger partial charge in [0.05, 0.1) is 13.2 Å². The van der Waals surface area contributed by atoms with E-state index in [1.807, 2.05) is 0 Å². The molecule has 1 saturated heterocycles. The van der Waals surface area contributed by atoms with E-state index in [1.54, 1.807) is 0 Å². The van der Waals surface area contributed by atoms with Crippen LogP contribution < -0.4 is 0 Å². The molecule has 1 aliphatic heterocycles. The van der Waals surface area contributed by atoms with Crippen LogP contribution in [0.4, 0.5) is 13.2 Å². The second kappa shape index (κ2) is 6.75. The summed E-state index contributed by atoms with van der Waals surface area (Å²) in [6.07, 6.45) is -4.75. The van der Waals surface area contributed by atoms with E-state index in [1.165, 1.54) is 29.2 Å². The third kappa shape index (κ3) is 3.52. The zero-order valence-electron chi connectivity index (χ0n) is 13.1. The molecule has 0 aliphatic carbocycles. The Morgan fingerprint density at radius 2 is 1.92 bits per heavy atom. The monoisotopic (exact) mass is 371 g/mol. The van der Waals surface area contributed by atoms with E-state index >= 15 is 0 Å². The molecular formula is C15H12F3N3O5. The van der Waals surface area contributed by atoms with Crippen LogP contribution in [-0.2, 0) is 15.7 Å². The molecule has 1 N–H and O–H groups in total. The molecule has 1 fully saturated rings. The number of benzene rings is 1. The number of carboxylic acid groups (broad SMARTS) is 1. The molecule has 1 atom stereocenters. The summed E-state index contributed by atoms with van der Waals surface area (Å²) in [5, 5.41) is 12.4. The van der Waals surface area contributed by atoms with Crippen LogP contribution in [0, 0.1) is 0 Å². The first-order chi connectivity index (χ1) is 12.3. The molecule has 138 valence electrons. The predicted octanol–water partition coefficient (Wildman–Crippen LogP) is 1.68. The van der Waals surface area contributed by atoms with E-state index < -0.39 is 30.0 Å². The van der Waals surface area contributed by atoms with Gasteiger partial charge in [0, 0.05) is 17.7 Å². The van der Waals surface area contributed by atoms with Gasteiger partial charge in [0.15, 0.2) is 6.04 Å². The Morgan fingerprint density at radius 3 is 2.50 bits per heavy atom. The summed E-state index contributed by atoms with van der Waals surface area (Å²) in [6, 6.07) is 4.33. The van der Waals surface area contributed by atoms with Crippen LogP contribution in [0.25, 0.3) is 11.4 Å². The summed E-state index contributed by atoms with van der Waals surface area (Å²) < 4.78 is 46.7. The number of alkyl halides is 3. The van der Waals surface area contributed by atoms with Crippen molar-refractivity contribution in [3.63, 3.8) is 0 Å². The van der Waals surface area contributed by atoms with Crippen molar-refractivity contribution in [1.29, 1.82) is 0 Å². The van der Waals surface area contributed by atoms with E-state index in [4.69, 9.17) is 4.74 Å². The molecule has 3 rings (SSSR count). The zero-order valence-corrected chi connectivity index (χ0v) is 13.1. The Balaban J connectivity index is 1.79. The molecule has 1 aliphatic rings. The Labute approximate surface area is 144 Å². The molecule has 2 aromatic rings. The summed E-state index contributed by atoms with van der Waals surface area (Å²) in [4.78, 5) is 28.2. The van der Waals surface area contributed by atoms with E-state index in [0.717, 1.165) is 0 Å². The van der Waals surface area contributed by atoms with Gasteiger partial charge in [-0.15, -0.1) is 0 Å². The lowest BCUT2D eigenvalue weighted by Crippen LogP contribution is -2.52. The van der Waals surface area contributed by atoms with Gasteiger partial charge in [-0.2, -0.15) is 18.2 Å². The van der Waals surface area contributed by atoms with Gasteiger partial charge >= 0.3 is 18.0 Å². The Morgan fingerprint density at radius 1 is 1.23 bits per heavy atom. The lowest BCUT2D eigenvalue weighted by molar-refractivity contribution is -0.159. The highest BCUT2D eigenvalue weighted by Gasteiger charge is 2.38. The molecule has 0 bridgehead atoms. The number of morpholine rings is 1. The lowest BCUT2D eigenvalue weighted by atomic mass is 10.1. The average Bonchev–Trinajstić information content (AvgIpc) is 3.12. The highest BCUT2D eigenvalue weighted by Crippen LogP contribution is 2.29. The number of aromatic nitrogens is 2. The van der Waals surface area contributed by atoms with Gasteiger partial charge in [-0.1, -0.05) is 17.3 Å². The molecule has 26 heavy (non-hydrogen) atoms. The summed E-state index contributed by atoms with van der Waals surface area (Å²) in [7, 11) is 0. The van der Waals surface area contributed by atoms with E-state index in [2.05, 4.69) is 14.7 Å². The van der Waals surface area contributed by atoms with Crippen LogP contribution in [0.2, 0.25) is 0 Å². The number of halogens is 3. The number of amides is 1. The van der Waals surface area contributed by atoms with Crippen molar-refractivity contribution in [3.05, 3.63) is 35.7 Å². The van der Waals surface area contributed by atoms with Gasteiger partial charge in [0.2, 0.25) is 5.82 Å². The summed E-state index contributed by atoms with van der Waals surface area (Å²) in [5.41, 5.74) is 0.402. The lowest BCUT2D eigenvalue weighted by Gasteiger charge is -2.32. The van der Waals surface area contributed by atoms with Gasteiger partial charge in [0.25, 0.3) is 5.91 Å². The summed E-state index contributed by atoms with van der Waals surface area (Å²) in [5.74, 6) is -3.44. The first-order valence-corrected chi connectivity index (χ1v) is 7.40. The molecule has 0 spiro atoms. The molecule has 1 amide bonds. The second-order valence-electron chi connectivity index (χ2n) is 5.43. The van der Waals surface area contributed by atoms with Gasteiger partial charge < -0.3 is 19.3 Å². The molecular weight excluding hydrogens is 359 g/mol. The predicted molar refractivity (Wildman–Crippen MR) is 78.0 cm³/mol. The topological polar surface area (TPSA) is 106 Å². The maximum Gasteiger partial charge on any atom is 0.471 e. The molecule has 1 aromatic carbocycles. The number of hydrogen-bond donors (Lipinski definition) is 1. The fourth-order valence-electron chi connectivity index (χ4n) is 2.43.